The summed E-state index contributed by atoms with van der Waals surface area (Å²) in [6.07, 6.45) is 0.163. The van der Waals surface area contributed by atoms with Crippen LogP contribution in [0.25, 0.3) is 0 Å². The lowest BCUT2D eigenvalue weighted by Gasteiger charge is -2.21. The molecule has 0 aromatic heterocycles. The summed E-state index contributed by atoms with van der Waals surface area (Å²) in [5.74, 6) is -0.772. The summed E-state index contributed by atoms with van der Waals surface area (Å²) >= 11 is 0. The predicted octanol–water partition coefficient (Wildman–Crippen LogP) is 5.22. The third-order valence-corrected chi connectivity index (χ3v) is 6.46. The molecule has 10 nitrogen and oxygen atoms in total. The van der Waals surface area contributed by atoms with Gasteiger partial charge in [-0.2, -0.15) is 0 Å². The smallest absolute Gasteiger partial charge is 0.343 e. The van der Waals surface area contributed by atoms with E-state index in [-0.39, 0.29) is 24.4 Å². The van der Waals surface area contributed by atoms with Gasteiger partial charge in [0.2, 0.25) is 5.91 Å². The SMILES string of the molecule is CCOc1ccc(C(=O)Oc2ccc(CN(CC(=O)O)C(=O)c3ccc(NC(=O)Cc4ccc(OC)cc4)cc3)cc2)cc1. The molecule has 0 saturated heterocycles. The largest absolute Gasteiger partial charge is 0.497 e. The third kappa shape index (κ3) is 8.93. The summed E-state index contributed by atoms with van der Waals surface area (Å²) in [6.45, 7) is 1.88. The highest BCUT2D eigenvalue weighted by molar-refractivity contribution is 5.97. The van der Waals surface area contributed by atoms with Crippen molar-refractivity contribution in [2.75, 3.05) is 25.6 Å². The molecule has 0 unspecified atom stereocenters. The summed E-state index contributed by atoms with van der Waals surface area (Å²) in [7, 11) is 1.57. The molecule has 44 heavy (non-hydrogen) atoms. The van der Waals surface area contributed by atoms with Crippen molar-refractivity contribution < 1.29 is 38.5 Å². The van der Waals surface area contributed by atoms with Crippen molar-refractivity contribution in [1.82, 2.24) is 4.90 Å². The molecule has 2 amide bonds. The lowest BCUT2D eigenvalue weighted by atomic mass is 10.1. The number of aliphatic carboxylic acids is 1. The van der Waals surface area contributed by atoms with E-state index >= 15 is 0 Å². The molecule has 226 valence electrons. The van der Waals surface area contributed by atoms with Crippen LogP contribution in [0.2, 0.25) is 0 Å². The first-order valence-corrected chi connectivity index (χ1v) is 13.8. The summed E-state index contributed by atoms with van der Waals surface area (Å²) in [4.78, 5) is 50.9. The summed E-state index contributed by atoms with van der Waals surface area (Å²) in [5, 5.41) is 12.2. The minimum absolute atomic E-state index is 0.0125. The van der Waals surface area contributed by atoms with Crippen LogP contribution in [0.1, 0.15) is 38.8 Å². The van der Waals surface area contributed by atoms with E-state index in [0.717, 1.165) is 5.56 Å². The van der Waals surface area contributed by atoms with Gasteiger partial charge in [-0.25, -0.2) is 4.79 Å². The van der Waals surface area contributed by atoms with Gasteiger partial charge in [0.1, 0.15) is 23.8 Å². The maximum absolute atomic E-state index is 13.2. The first-order valence-electron chi connectivity index (χ1n) is 13.8. The Bertz CT molecular complexity index is 1580. The second kappa shape index (κ2) is 15.0. The molecule has 0 radical (unpaired) electrons. The lowest BCUT2D eigenvalue weighted by Crippen LogP contribution is -2.35. The number of amides is 2. The fraction of sp³-hybridized carbons (Fsp3) is 0.176. The number of hydrogen-bond donors (Lipinski definition) is 2. The van der Waals surface area contributed by atoms with Gasteiger partial charge < -0.3 is 29.5 Å². The van der Waals surface area contributed by atoms with Crippen molar-refractivity contribution in [3.05, 3.63) is 119 Å². The molecule has 0 aliphatic rings. The van der Waals surface area contributed by atoms with E-state index in [4.69, 9.17) is 14.2 Å². The van der Waals surface area contributed by atoms with Gasteiger partial charge >= 0.3 is 11.9 Å². The molecule has 0 aliphatic carbocycles. The van der Waals surface area contributed by atoms with E-state index in [1.807, 2.05) is 6.92 Å². The number of methoxy groups -OCH3 is 1. The molecule has 4 aromatic rings. The Morgan fingerprint density at radius 1 is 0.727 bits per heavy atom. The predicted molar refractivity (Wildman–Crippen MR) is 163 cm³/mol. The number of nitrogens with zero attached hydrogens (tertiary/aromatic N) is 1. The first kappa shape index (κ1) is 31.3. The minimum Gasteiger partial charge on any atom is -0.497 e. The third-order valence-electron chi connectivity index (χ3n) is 6.46. The molecule has 0 saturated carbocycles. The number of carbonyl (C=O) groups is 4. The fourth-order valence-electron chi connectivity index (χ4n) is 4.28. The highest BCUT2D eigenvalue weighted by Crippen LogP contribution is 2.19. The van der Waals surface area contributed by atoms with Gasteiger partial charge in [0, 0.05) is 17.8 Å². The van der Waals surface area contributed by atoms with Crippen LogP contribution in [-0.2, 0) is 22.6 Å². The highest BCUT2D eigenvalue weighted by Gasteiger charge is 2.20. The van der Waals surface area contributed by atoms with E-state index in [1.54, 1.807) is 92.0 Å². The van der Waals surface area contributed by atoms with Gasteiger partial charge in [0.15, 0.2) is 0 Å². The van der Waals surface area contributed by atoms with Crippen LogP contribution in [-0.4, -0.2) is 54.0 Å². The van der Waals surface area contributed by atoms with Crippen molar-refractivity contribution >= 4 is 29.4 Å². The van der Waals surface area contributed by atoms with Crippen molar-refractivity contribution in [2.45, 2.75) is 19.9 Å². The summed E-state index contributed by atoms with van der Waals surface area (Å²) < 4.78 is 15.9. The topological polar surface area (TPSA) is 131 Å². The Labute approximate surface area is 254 Å². The molecule has 0 heterocycles. The number of esters is 1. The van der Waals surface area contributed by atoms with Crippen molar-refractivity contribution in [1.29, 1.82) is 0 Å². The van der Waals surface area contributed by atoms with Crippen LogP contribution in [0.5, 0.6) is 17.2 Å². The van der Waals surface area contributed by atoms with Crippen LogP contribution >= 0.6 is 0 Å². The molecule has 0 fully saturated rings. The van der Waals surface area contributed by atoms with Crippen LogP contribution in [0, 0.1) is 0 Å². The molecule has 0 atom stereocenters. The number of anilines is 1. The number of hydrogen-bond acceptors (Lipinski definition) is 7. The normalized spacial score (nSPS) is 10.4. The maximum Gasteiger partial charge on any atom is 0.343 e. The first-order chi connectivity index (χ1) is 21.2. The number of ether oxygens (including phenoxy) is 3. The van der Waals surface area contributed by atoms with Gasteiger partial charge in [0.25, 0.3) is 5.91 Å². The number of benzene rings is 4. The van der Waals surface area contributed by atoms with Crippen LogP contribution in [0.15, 0.2) is 97.1 Å². The van der Waals surface area contributed by atoms with Crippen LogP contribution in [0.3, 0.4) is 0 Å². The second-order valence-corrected chi connectivity index (χ2v) is 9.70. The zero-order valence-corrected chi connectivity index (χ0v) is 24.3. The quantitative estimate of drug-likeness (QED) is 0.159. The summed E-state index contributed by atoms with van der Waals surface area (Å²) in [6, 6.07) is 26.5. The molecular formula is C34H32N2O8. The van der Waals surface area contributed by atoms with Gasteiger partial charge in [-0.05, 0) is 90.8 Å². The number of carboxylic acids is 1. The van der Waals surface area contributed by atoms with Crippen molar-refractivity contribution in [3.63, 3.8) is 0 Å². The summed E-state index contributed by atoms with van der Waals surface area (Å²) in [5.41, 5.74) is 2.58. The Hall–Kier alpha value is -5.64. The number of nitrogens with one attached hydrogen (secondary N) is 1. The van der Waals surface area contributed by atoms with E-state index in [1.165, 1.54) is 17.0 Å². The zero-order chi connectivity index (χ0) is 31.5. The number of rotatable bonds is 13. The standard InChI is InChI=1S/C34H32N2O8/c1-3-43-29-18-10-26(11-19-29)34(41)44-30-16-6-24(7-17-30)21-36(22-32(38)39)33(40)25-8-12-27(13-9-25)35-31(37)20-23-4-14-28(42-2)15-5-23/h4-19H,3,20-22H2,1-2H3,(H,35,37)(H,38,39). The molecule has 4 rings (SSSR count). The van der Waals surface area contributed by atoms with E-state index in [0.29, 0.717) is 40.7 Å². The average Bonchev–Trinajstić information content (AvgIpc) is 3.02. The van der Waals surface area contributed by atoms with Gasteiger partial charge in [-0.15, -0.1) is 0 Å². The Morgan fingerprint density at radius 2 is 1.30 bits per heavy atom. The Kier molecular flexibility index (Phi) is 10.7. The van der Waals surface area contributed by atoms with Crippen molar-refractivity contribution in [2.24, 2.45) is 0 Å². The fourth-order valence-corrected chi connectivity index (χ4v) is 4.28. The number of carboxylic acid groups (broad SMARTS) is 1. The van der Waals surface area contributed by atoms with E-state index < -0.39 is 24.4 Å². The zero-order valence-electron chi connectivity index (χ0n) is 24.3. The molecule has 10 heteroatoms. The second-order valence-electron chi connectivity index (χ2n) is 9.70. The number of carbonyl (C=O) groups excluding carboxylic acids is 3. The lowest BCUT2D eigenvalue weighted by molar-refractivity contribution is -0.137. The molecule has 4 aromatic carbocycles. The van der Waals surface area contributed by atoms with Gasteiger partial charge in [-0.3, -0.25) is 14.4 Å². The minimum atomic E-state index is -1.17. The van der Waals surface area contributed by atoms with Crippen LogP contribution < -0.4 is 19.5 Å². The monoisotopic (exact) mass is 596 g/mol. The molecule has 2 N–H and O–H groups in total. The Morgan fingerprint density at radius 3 is 1.89 bits per heavy atom. The Balaban J connectivity index is 1.35. The maximum atomic E-state index is 13.2. The van der Waals surface area contributed by atoms with Crippen LogP contribution in [0.4, 0.5) is 5.69 Å². The molecular weight excluding hydrogens is 564 g/mol. The van der Waals surface area contributed by atoms with E-state index in [9.17, 15) is 24.3 Å². The average molecular weight is 597 g/mol. The van der Waals surface area contributed by atoms with Gasteiger partial charge in [0.05, 0.1) is 25.7 Å². The molecule has 0 spiro atoms. The highest BCUT2D eigenvalue weighted by atomic mass is 16.5. The molecule has 0 aliphatic heterocycles. The van der Waals surface area contributed by atoms with Crippen molar-refractivity contribution in [3.8, 4) is 17.2 Å². The van der Waals surface area contributed by atoms with Gasteiger partial charge in [-0.1, -0.05) is 24.3 Å². The van der Waals surface area contributed by atoms with E-state index in [2.05, 4.69) is 5.32 Å². The molecule has 0 bridgehead atoms.